The Morgan fingerprint density at radius 3 is 2.53 bits per heavy atom. The van der Waals surface area contributed by atoms with E-state index in [9.17, 15) is 14.5 Å². The van der Waals surface area contributed by atoms with Crippen LogP contribution in [0.2, 0.25) is 0 Å². The molecule has 0 saturated heterocycles. The molecule has 0 saturated carbocycles. The molecule has 0 aliphatic heterocycles. The lowest BCUT2D eigenvalue weighted by Crippen LogP contribution is -2.32. The van der Waals surface area contributed by atoms with Crippen molar-refractivity contribution in [2.24, 2.45) is 5.92 Å². The van der Waals surface area contributed by atoms with Crippen molar-refractivity contribution in [3.8, 4) is 0 Å². The molecule has 1 atom stereocenters. The zero-order valence-corrected chi connectivity index (χ0v) is 11.6. The highest BCUT2D eigenvalue weighted by atomic mass is 19.1. The van der Waals surface area contributed by atoms with Gasteiger partial charge in [-0.3, -0.25) is 10.1 Å². The Bertz CT molecular complexity index is 433. The Morgan fingerprint density at radius 1 is 1.37 bits per heavy atom. The maximum absolute atomic E-state index is 13.9. The van der Waals surface area contributed by atoms with Crippen LogP contribution in [-0.4, -0.2) is 11.0 Å². The maximum atomic E-state index is 13.9. The number of halogens is 1. The van der Waals surface area contributed by atoms with Gasteiger partial charge < -0.3 is 5.32 Å². The van der Waals surface area contributed by atoms with Gasteiger partial charge >= 0.3 is 5.69 Å². The van der Waals surface area contributed by atoms with Gasteiger partial charge in [0.05, 0.1) is 4.92 Å². The summed E-state index contributed by atoms with van der Waals surface area (Å²) in [5.74, 6) is -0.210. The van der Waals surface area contributed by atoms with Crippen molar-refractivity contribution >= 4 is 5.69 Å². The summed E-state index contributed by atoms with van der Waals surface area (Å²) in [6, 6.07) is 4.53. The maximum Gasteiger partial charge on any atom is 0.305 e. The fourth-order valence-corrected chi connectivity index (χ4v) is 2.28. The molecular formula is C14H21FN2O2. The topological polar surface area (TPSA) is 55.2 Å². The van der Waals surface area contributed by atoms with Crippen LogP contribution < -0.4 is 5.32 Å². The second kappa shape index (κ2) is 7.19. The number of hydrogen-bond acceptors (Lipinski definition) is 3. The van der Waals surface area contributed by atoms with Gasteiger partial charge in [-0.2, -0.15) is 4.39 Å². The first kappa shape index (κ1) is 15.6. The molecule has 0 bridgehead atoms. The Balaban J connectivity index is 2.73. The number of rotatable bonds is 7. The molecule has 106 valence electrons. The summed E-state index contributed by atoms with van der Waals surface area (Å²) in [7, 11) is 0. The molecule has 5 heteroatoms. The smallest absolute Gasteiger partial charge is 0.305 e. The van der Waals surface area contributed by atoms with Gasteiger partial charge in [0.15, 0.2) is 0 Å². The summed E-state index contributed by atoms with van der Waals surface area (Å²) in [6.07, 6.45) is 2.12. The van der Waals surface area contributed by atoms with Crippen molar-refractivity contribution in [2.45, 2.75) is 46.2 Å². The average molecular weight is 268 g/mol. The molecule has 0 radical (unpaired) electrons. The third kappa shape index (κ3) is 3.99. The van der Waals surface area contributed by atoms with E-state index in [1.54, 1.807) is 6.07 Å². The van der Waals surface area contributed by atoms with Gasteiger partial charge in [-0.25, -0.2) is 0 Å². The summed E-state index contributed by atoms with van der Waals surface area (Å²) in [5.41, 5.74) is -0.124. The van der Waals surface area contributed by atoms with Crippen LogP contribution in [0.25, 0.3) is 0 Å². The number of nitrogens with zero attached hydrogens (tertiary/aromatic N) is 1. The highest BCUT2D eigenvalue weighted by molar-refractivity contribution is 5.36. The second-order valence-corrected chi connectivity index (χ2v) is 4.75. The van der Waals surface area contributed by atoms with Crippen LogP contribution in [-0.2, 0) is 6.54 Å². The minimum absolute atomic E-state index is 0.258. The van der Waals surface area contributed by atoms with Gasteiger partial charge in [-0.05, 0) is 12.8 Å². The van der Waals surface area contributed by atoms with Gasteiger partial charge in [-0.15, -0.1) is 0 Å². The standard InChI is InChI=1S/C14H21FN2O2/c1-4-11(5-2)10(3)16-9-12-7-6-8-13(14(12)15)17(18)19/h6-8,10-11,16H,4-5,9H2,1-3H3. The van der Waals surface area contributed by atoms with Crippen LogP contribution in [0.15, 0.2) is 18.2 Å². The largest absolute Gasteiger partial charge is 0.310 e. The van der Waals surface area contributed by atoms with Gasteiger partial charge in [0, 0.05) is 24.2 Å². The Hall–Kier alpha value is -1.49. The Labute approximate surface area is 113 Å². The number of nitrogens with one attached hydrogen (secondary N) is 1. The quantitative estimate of drug-likeness (QED) is 0.606. The summed E-state index contributed by atoms with van der Waals surface area (Å²) in [5, 5.41) is 13.9. The molecule has 0 aliphatic rings. The normalized spacial score (nSPS) is 12.7. The molecule has 4 nitrogen and oxygen atoms in total. The molecule has 0 spiro atoms. The molecule has 0 heterocycles. The average Bonchev–Trinajstić information content (AvgIpc) is 2.38. The number of hydrogen-bond donors (Lipinski definition) is 1. The molecular weight excluding hydrogens is 247 g/mol. The predicted octanol–water partition coefficient (Wildman–Crippen LogP) is 3.65. The summed E-state index contributed by atoms with van der Waals surface area (Å²) < 4.78 is 13.9. The highest BCUT2D eigenvalue weighted by Crippen LogP contribution is 2.20. The van der Waals surface area contributed by atoms with Crippen LogP contribution in [0.3, 0.4) is 0 Å². The predicted molar refractivity (Wildman–Crippen MR) is 73.4 cm³/mol. The number of nitro benzene ring substituents is 1. The van der Waals surface area contributed by atoms with Crippen molar-refractivity contribution in [1.29, 1.82) is 0 Å². The van der Waals surface area contributed by atoms with E-state index < -0.39 is 16.4 Å². The SMILES string of the molecule is CCC(CC)C(C)NCc1cccc([N+](=O)[O-])c1F. The molecule has 1 unspecified atom stereocenters. The van der Waals surface area contributed by atoms with Crippen LogP contribution in [0.5, 0.6) is 0 Å². The molecule has 1 rings (SSSR count). The Kier molecular flexibility index (Phi) is 5.89. The zero-order chi connectivity index (χ0) is 14.4. The summed E-state index contributed by atoms with van der Waals surface area (Å²) in [4.78, 5) is 9.97. The Morgan fingerprint density at radius 2 is 2.00 bits per heavy atom. The third-order valence-electron chi connectivity index (χ3n) is 3.63. The number of benzene rings is 1. The van der Waals surface area contributed by atoms with E-state index in [1.165, 1.54) is 12.1 Å². The van der Waals surface area contributed by atoms with Crippen LogP contribution in [0, 0.1) is 21.8 Å². The minimum Gasteiger partial charge on any atom is -0.310 e. The van der Waals surface area contributed by atoms with Crippen molar-refractivity contribution in [3.63, 3.8) is 0 Å². The van der Waals surface area contributed by atoms with E-state index in [4.69, 9.17) is 0 Å². The van der Waals surface area contributed by atoms with E-state index in [0.29, 0.717) is 18.0 Å². The first-order chi connectivity index (χ1) is 9.01. The van der Waals surface area contributed by atoms with Crippen LogP contribution in [0.1, 0.15) is 39.2 Å². The monoisotopic (exact) mass is 268 g/mol. The second-order valence-electron chi connectivity index (χ2n) is 4.75. The number of nitro groups is 1. The lowest BCUT2D eigenvalue weighted by Gasteiger charge is -2.22. The van der Waals surface area contributed by atoms with Gasteiger partial charge in [-0.1, -0.05) is 38.8 Å². The third-order valence-corrected chi connectivity index (χ3v) is 3.63. The lowest BCUT2D eigenvalue weighted by molar-refractivity contribution is -0.387. The van der Waals surface area contributed by atoms with Crippen molar-refractivity contribution in [2.75, 3.05) is 0 Å². The van der Waals surface area contributed by atoms with Crippen LogP contribution >= 0.6 is 0 Å². The van der Waals surface area contributed by atoms with Crippen molar-refractivity contribution in [3.05, 3.63) is 39.7 Å². The fourth-order valence-electron chi connectivity index (χ4n) is 2.28. The minimum atomic E-state index is -0.739. The molecule has 0 fully saturated rings. The van der Waals surface area contributed by atoms with E-state index >= 15 is 0 Å². The molecule has 0 aliphatic carbocycles. The highest BCUT2D eigenvalue weighted by Gasteiger charge is 2.18. The molecule has 1 aromatic rings. The zero-order valence-electron chi connectivity index (χ0n) is 11.6. The van der Waals surface area contributed by atoms with E-state index in [1.807, 2.05) is 0 Å². The summed E-state index contributed by atoms with van der Waals surface area (Å²) >= 11 is 0. The van der Waals surface area contributed by atoms with Gasteiger partial charge in [0.25, 0.3) is 0 Å². The molecule has 1 N–H and O–H groups in total. The van der Waals surface area contributed by atoms with E-state index in [2.05, 4.69) is 26.1 Å². The van der Waals surface area contributed by atoms with Crippen molar-refractivity contribution in [1.82, 2.24) is 5.32 Å². The van der Waals surface area contributed by atoms with E-state index in [-0.39, 0.29) is 6.04 Å². The van der Waals surface area contributed by atoms with Gasteiger partial charge in [0.1, 0.15) is 0 Å². The lowest BCUT2D eigenvalue weighted by atomic mass is 9.95. The molecule has 0 aromatic heterocycles. The summed E-state index contributed by atoms with van der Waals surface area (Å²) in [6.45, 7) is 6.62. The first-order valence-electron chi connectivity index (χ1n) is 6.66. The van der Waals surface area contributed by atoms with Crippen molar-refractivity contribution < 1.29 is 9.31 Å². The first-order valence-corrected chi connectivity index (χ1v) is 6.66. The van der Waals surface area contributed by atoms with Crippen LogP contribution in [0.4, 0.5) is 10.1 Å². The fraction of sp³-hybridized carbons (Fsp3) is 0.571. The molecule has 19 heavy (non-hydrogen) atoms. The van der Waals surface area contributed by atoms with Gasteiger partial charge in [0.2, 0.25) is 5.82 Å². The molecule has 1 aromatic carbocycles. The molecule has 0 amide bonds. The van der Waals surface area contributed by atoms with E-state index in [0.717, 1.165) is 12.8 Å².